The Hall–Kier alpha value is -1.29. The van der Waals surface area contributed by atoms with Crippen LogP contribution in [0, 0.1) is 0 Å². The van der Waals surface area contributed by atoms with Gasteiger partial charge in [0.1, 0.15) is 5.76 Å². The molecule has 0 spiro atoms. The second-order valence-corrected chi connectivity index (χ2v) is 3.25. The molecule has 0 bridgehead atoms. The maximum Gasteiger partial charge on any atom is 0.236 e. The molecule has 0 fully saturated rings. The quantitative estimate of drug-likeness (QED) is 0.768. The van der Waals surface area contributed by atoms with Gasteiger partial charge in [0.2, 0.25) is 5.91 Å². The molecule has 0 unspecified atom stereocenters. The van der Waals surface area contributed by atoms with Crippen molar-refractivity contribution in [3.8, 4) is 0 Å². The Morgan fingerprint density at radius 1 is 1.47 bits per heavy atom. The molecular weight excluding hydrogens is 192 g/mol. The molecule has 4 nitrogen and oxygen atoms in total. The van der Waals surface area contributed by atoms with Crippen LogP contribution in [-0.4, -0.2) is 30.4 Å². The standard InChI is InChI=1S/C11H18N2O2/c1-3-13(4-2)11(14)9-12-8-10-6-5-7-15-10/h5-7,12H,3-4,8-9H2,1-2H3. The Labute approximate surface area is 90.3 Å². The van der Waals surface area contributed by atoms with Crippen LogP contribution in [0.2, 0.25) is 0 Å². The van der Waals surface area contributed by atoms with E-state index in [1.807, 2.05) is 26.0 Å². The van der Waals surface area contributed by atoms with Gasteiger partial charge in [-0.1, -0.05) is 0 Å². The third-order valence-electron chi connectivity index (χ3n) is 2.27. The smallest absolute Gasteiger partial charge is 0.236 e. The summed E-state index contributed by atoms with van der Waals surface area (Å²) in [5.74, 6) is 0.980. The monoisotopic (exact) mass is 210 g/mol. The summed E-state index contributed by atoms with van der Waals surface area (Å²) in [6, 6.07) is 3.72. The summed E-state index contributed by atoms with van der Waals surface area (Å²) in [5.41, 5.74) is 0. The van der Waals surface area contributed by atoms with Gasteiger partial charge in [0.25, 0.3) is 0 Å². The van der Waals surface area contributed by atoms with Crippen molar-refractivity contribution in [2.45, 2.75) is 20.4 Å². The molecule has 1 aromatic rings. The number of rotatable bonds is 6. The van der Waals surface area contributed by atoms with Crippen LogP contribution >= 0.6 is 0 Å². The lowest BCUT2D eigenvalue weighted by Gasteiger charge is -2.18. The van der Waals surface area contributed by atoms with Crippen LogP contribution in [0.5, 0.6) is 0 Å². The van der Waals surface area contributed by atoms with Crippen LogP contribution in [-0.2, 0) is 11.3 Å². The fourth-order valence-corrected chi connectivity index (χ4v) is 1.39. The number of nitrogens with zero attached hydrogens (tertiary/aromatic N) is 1. The third-order valence-corrected chi connectivity index (χ3v) is 2.27. The summed E-state index contributed by atoms with van der Waals surface area (Å²) in [4.78, 5) is 13.4. The van der Waals surface area contributed by atoms with Crippen LogP contribution < -0.4 is 5.32 Å². The van der Waals surface area contributed by atoms with Gasteiger partial charge >= 0.3 is 0 Å². The molecule has 0 aromatic carbocycles. The normalized spacial score (nSPS) is 10.3. The van der Waals surface area contributed by atoms with Gasteiger partial charge in [-0.2, -0.15) is 0 Å². The predicted molar refractivity (Wildman–Crippen MR) is 58.3 cm³/mol. The summed E-state index contributed by atoms with van der Waals surface area (Å²) >= 11 is 0. The molecule has 4 heteroatoms. The van der Waals surface area contributed by atoms with Crippen molar-refractivity contribution in [1.29, 1.82) is 0 Å². The first-order valence-corrected chi connectivity index (χ1v) is 5.28. The van der Waals surface area contributed by atoms with Crippen molar-refractivity contribution < 1.29 is 9.21 Å². The Balaban J connectivity index is 2.22. The van der Waals surface area contributed by atoms with E-state index >= 15 is 0 Å². The van der Waals surface area contributed by atoms with Gasteiger partial charge < -0.3 is 14.6 Å². The number of nitrogens with one attached hydrogen (secondary N) is 1. The lowest BCUT2D eigenvalue weighted by Crippen LogP contribution is -2.37. The number of likely N-dealkylation sites (N-methyl/N-ethyl adjacent to an activating group) is 1. The highest BCUT2D eigenvalue weighted by atomic mass is 16.3. The zero-order chi connectivity index (χ0) is 11.1. The largest absolute Gasteiger partial charge is 0.468 e. The molecule has 1 heterocycles. The lowest BCUT2D eigenvalue weighted by molar-refractivity contribution is -0.129. The summed E-state index contributed by atoms with van der Waals surface area (Å²) in [7, 11) is 0. The van der Waals surface area contributed by atoms with Crippen molar-refractivity contribution in [3.63, 3.8) is 0 Å². The molecule has 1 rings (SSSR count). The number of hydrogen-bond donors (Lipinski definition) is 1. The highest BCUT2D eigenvalue weighted by molar-refractivity contribution is 5.78. The molecular formula is C11H18N2O2. The summed E-state index contributed by atoms with van der Waals surface area (Å²) in [6.07, 6.45) is 1.63. The zero-order valence-corrected chi connectivity index (χ0v) is 9.32. The van der Waals surface area contributed by atoms with E-state index in [4.69, 9.17) is 4.42 Å². The van der Waals surface area contributed by atoms with Gasteiger partial charge in [-0.05, 0) is 26.0 Å². The minimum Gasteiger partial charge on any atom is -0.468 e. The summed E-state index contributed by atoms with van der Waals surface area (Å²) < 4.78 is 5.14. The SMILES string of the molecule is CCN(CC)C(=O)CNCc1ccco1. The maximum atomic E-state index is 11.6. The fourth-order valence-electron chi connectivity index (χ4n) is 1.39. The predicted octanol–water partition coefficient (Wildman–Crippen LogP) is 1.24. The molecule has 1 aromatic heterocycles. The second kappa shape index (κ2) is 6.24. The number of carbonyl (C=O) groups is 1. The zero-order valence-electron chi connectivity index (χ0n) is 9.32. The van der Waals surface area contributed by atoms with Crippen molar-refractivity contribution in [2.24, 2.45) is 0 Å². The van der Waals surface area contributed by atoms with E-state index in [0.717, 1.165) is 18.8 Å². The second-order valence-electron chi connectivity index (χ2n) is 3.25. The van der Waals surface area contributed by atoms with Crippen molar-refractivity contribution in [2.75, 3.05) is 19.6 Å². The molecule has 0 aliphatic rings. The highest BCUT2D eigenvalue weighted by Gasteiger charge is 2.08. The van der Waals surface area contributed by atoms with Gasteiger partial charge in [-0.25, -0.2) is 0 Å². The van der Waals surface area contributed by atoms with E-state index in [0.29, 0.717) is 13.1 Å². The van der Waals surface area contributed by atoms with Crippen LogP contribution in [0.3, 0.4) is 0 Å². The molecule has 0 aliphatic carbocycles. The molecule has 0 saturated carbocycles. The van der Waals surface area contributed by atoms with E-state index in [-0.39, 0.29) is 5.91 Å². The average molecular weight is 210 g/mol. The number of amides is 1. The lowest BCUT2D eigenvalue weighted by atomic mass is 10.4. The molecule has 1 N–H and O–H groups in total. The molecule has 84 valence electrons. The van der Waals surface area contributed by atoms with Crippen LogP contribution in [0.15, 0.2) is 22.8 Å². The minimum atomic E-state index is 0.131. The van der Waals surface area contributed by atoms with E-state index in [1.165, 1.54) is 0 Å². The minimum absolute atomic E-state index is 0.131. The Morgan fingerprint density at radius 2 is 2.20 bits per heavy atom. The summed E-state index contributed by atoms with van der Waals surface area (Å²) in [6.45, 7) is 6.44. The first-order valence-electron chi connectivity index (χ1n) is 5.28. The van der Waals surface area contributed by atoms with Gasteiger partial charge in [-0.3, -0.25) is 4.79 Å². The highest BCUT2D eigenvalue weighted by Crippen LogP contribution is 1.98. The van der Waals surface area contributed by atoms with E-state index in [2.05, 4.69) is 5.32 Å². The molecule has 0 saturated heterocycles. The number of furan rings is 1. The molecule has 0 radical (unpaired) electrons. The summed E-state index contributed by atoms with van der Waals surface area (Å²) in [5, 5.41) is 3.05. The number of hydrogen-bond acceptors (Lipinski definition) is 3. The number of carbonyl (C=O) groups excluding carboxylic acids is 1. The van der Waals surface area contributed by atoms with Crippen molar-refractivity contribution in [1.82, 2.24) is 10.2 Å². The van der Waals surface area contributed by atoms with Gasteiger partial charge in [0.15, 0.2) is 0 Å². The Bertz CT molecular complexity index is 279. The Morgan fingerprint density at radius 3 is 2.73 bits per heavy atom. The maximum absolute atomic E-state index is 11.6. The first kappa shape index (κ1) is 11.8. The van der Waals surface area contributed by atoms with Crippen molar-refractivity contribution >= 4 is 5.91 Å². The van der Waals surface area contributed by atoms with Gasteiger partial charge in [0, 0.05) is 13.1 Å². The van der Waals surface area contributed by atoms with Crippen LogP contribution in [0.1, 0.15) is 19.6 Å². The third kappa shape index (κ3) is 3.75. The van der Waals surface area contributed by atoms with Crippen LogP contribution in [0.4, 0.5) is 0 Å². The molecule has 15 heavy (non-hydrogen) atoms. The first-order chi connectivity index (χ1) is 7.27. The fraction of sp³-hybridized carbons (Fsp3) is 0.545. The van der Waals surface area contributed by atoms with Gasteiger partial charge in [0.05, 0.1) is 19.4 Å². The molecule has 1 amide bonds. The van der Waals surface area contributed by atoms with E-state index < -0.39 is 0 Å². The molecule has 0 atom stereocenters. The van der Waals surface area contributed by atoms with Gasteiger partial charge in [-0.15, -0.1) is 0 Å². The van der Waals surface area contributed by atoms with Crippen molar-refractivity contribution in [3.05, 3.63) is 24.2 Å². The van der Waals surface area contributed by atoms with E-state index in [1.54, 1.807) is 11.2 Å². The molecule has 0 aliphatic heterocycles. The topological polar surface area (TPSA) is 45.5 Å². The average Bonchev–Trinajstić information content (AvgIpc) is 2.72. The van der Waals surface area contributed by atoms with E-state index in [9.17, 15) is 4.79 Å². The Kier molecular flexibility index (Phi) is 4.90. The van der Waals surface area contributed by atoms with Crippen LogP contribution in [0.25, 0.3) is 0 Å².